The normalized spacial score (nSPS) is 12.7. The lowest BCUT2D eigenvalue weighted by Crippen LogP contribution is -1.92. The zero-order valence-corrected chi connectivity index (χ0v) is 12.8. The Kier molecular flexibility index (Phi) is 2.85. The Labute approximate surface area is 138 Å². The van der Waals surface area contributed by atoms with Crippen LogP contribution in [0.25, 0.3) is 33.7 Å². The van der Waals surface area contributed by atoms with E-state index in [0.29, 0.717) is 23.1 Å². The Morgan fingerprint density at radius 1 is 1.04 bits per heavy atom. The number of nitrogens with zero attached hydrogens (tertiary/aromatic N) is 4. The van der Waals surface area contributed by atoms with Gasteiger partial charge in [-0.1, -0.05) is 5.16 Å². The zero-order chi connectivity index (χ0) is 15.9. The average molecular weight is 340 g/mol. The topological polar surface area (TPSA) is 96.3 Å². The summed E-state index contributed by atoms with van der Waals surface area (Å²) in [5.41, 5.74) is 2.05. The molecule has 1 aliphatic rings. The molecule has 0 radical (unpaired) electrons. The molecule has 0 bridgehead atoms. The molecule has 0 atom stereocenters. The predicted molar refractivity (Wildman–Crippen MR) is 82.5 cm³/mol. The van der Waals surface area contributed by atoms with Gasteiger partial charge in [0.05, 0.1) is 0 Å². The molecule has 0 saturated heterocycles. The Morgan fingerprint density at radius 2 is 2.00 bits per heavy atom. The van der Waals surface area contributed by atoms with Gasteiger partial charge in [-0.05, 0) is 18.2 Å². The van der Waals surface area contributed by atoms with Gasteiger partial charge in [0.2, 0.25) is 12.6 Å². The van der Waals surface area contributed by atoms with E-state index >= 15 is 0 Å². The first-order valence-corrected chi connectivity index (χ1v) is 7.83. The molecule has 1 aliphatic heterocycles. The van der Waals surface area contributed by atoms with Crippen molar-refractivity contribution in [2.75, 3.05) is 6.79 Å². The van der Waals surface area contributed by atoms with Crippen LogP contribution in [0.3, 0.4) is 0 Å². The minimum absolute atomic E-state index is 0.245. The molecule has 3 aromatic heterocycles. The first-order chi connectivity index (χ1) is 11.9. The molecule has 8 nitrogen and oxygen atoms in total. The summed E-state index contributed by atoms with van der Waals surface area (Å²) in [5, 5.41) is 6.57. The quantitative estimate of drug-likeness (QED) is 0.561. The number of ether oxygens (including phenoxy) is 2. The number of fused-ring (bicyclic) bond motifs is 1. The maximum absolute atomic E-state index is 5.39. The highest BCUT2D eigenvalue weighted by molar-refractivity contribution is 7.13. The van der Waals surface area contributed by atoms with Gasteiger partial charge in [0, 0.05) is 10.9 Å². The molecule has 0 fully saturated rings. The standard InChI is InChI=1S/C15H8N4O4S/c1-2-11-12(22-7-21-11)3-8(1)15-17-10(5-24-15)14-18-13(19-23-14)9-4-20-6-16-9/h1-6H,7H2. The fourth-order valence-corrected chi connectivity index (χ4v) is 3.08. The molecule has 0 amide bonds. The Bertz CT molecular complexity index is 1010. The largest absolute Gasteiger partial charge is 0.454 e. The lowest BCUT2D eigenvalue weighted by atomic mass is 10.2. The van der Waals surface area contributed by atoms with Crippen molar-refractivity contribution >= 4 is 11.3 Å². The van der Waals surface area contributed by atoms with Crippen molar-refractivity contribution in [3.8, 4) is 45.2 Å². The third-order valence-corrected chi connectivity index (χ3v) is 4.32. The van der Waals surface area contributed by atoms with Gasteiger partial charge in [-0.25, -0.2) is 9.97 Å². The highest BCUT2D eigenvalue weighted by atomic mass is 32.1. The molecule has 5 rings (SSSR count). The van der Waals surface area contributed by atoms with Crippen LogP contribution >= 0.6 is 11.3 Å². The van der Waals surface area contributed by atoms with Crippen molar-refractivity contribution in [2.24, 2.45) is 0 Å². The SMILES string of the molecule is c1nc(-c2noc(-c3csc(-c4ccc5c(c4)OCO5)n3)n2)co1. The summed E-state index contributed by atoms with van der Waals surface area (Å²) in [7, 11) is 0. The van der Waals surface area contributed by atoms with Crippen LogP contribution in [0.1, 0.15) is 0 Å². The minimum Gasteiger partial charge on any atom is -0.454 e. The van der Waals surface area contributed by atoms with Gasteiger partial charge >= 0.3 is 0 Å². The molecule has 4 aromatic rings. The Morgan fingerprint density at radius 3 is 2.92 bits per heavy atom. The lowest BCUT2D eigenvalue weighted by Gasteiger charge is -1.98. The van der Waals surface area contributed by atoms with E-state index in [1.54, 1.807) is 0 Å². The van der Waals surface area contributed by atoms with E-state index in [4.69, 9.17) is 18.4 Å². The second-order valence-electron chi connectivity index (χ2n) is 4.90. The molecule has 1 aromatic carbocycles. The summed E-state index contributed by atoms with van der Waals surface area (Å²) in [5.74, 6) is 2.15. The van der Waals surface area contributed by atoms with E-state index in [2.05, 4.69) is 20.1 Å². The maximum atomic E-state index is 5.39. The molecule has 0 N–H and O–H groups in total. The molecule has 118 valence electrons. The van der Waals surface area contributed by atoms with E-state index in [9.17, 15) is 0 Å². The van der Waals surface area contributed by atoms with Gasteiger partial charge < -0.3 is 18.4 Å². The summed E-state index contributed by atoms with van der Waals surface area (Å²) in [6.45, 7) is 0.245. The predicted octanol–water partition coefficient (Wildman–Crippen LogP) is 3.24. The lowest BCUT2D eigenvalue weighted by molar-refractivity contribution is 0.174. The van der Waals surface area contributed by atoms with E-state index in [-0.39, 0.29) is 6.79 Å². The second-order valence-corrected chi connectivity index (χ2v) is 5.76. The Balaban J connectivity index is 1.47. The monoisotopic (exact) mass is 340 g/mol. The molecule has 0 aliphatic carbocycles. The number of hydrogen-bond donors (Lipinski definition) is 0. The van der Waals surface area contributed by atoms with E-state index < -0.39 is 0 Å². The first kappa shape index (κ1) is 13.3. The van der Waals surface area contributed by atoms with Gasteiger partial charge in [-0.3, -0.25) is 0 Å². The van der Waals surface area contributed by atoms with Crippen molar-refractivity contribution in [1.82, 2.24) is 20.1 Å². The van der Waals surface area contributed by atoms with E-state index in [0.717, 1.165) is 22.1 Å². The van der Waals surface area contributed by atoms with Crippen LogP contribution < -0.4 is 9.47 Å². The summed E-state index contributed by atoms with van der Waals surface area (Å²) in [4.78, 5) is 12.8. The first-order valence-electron chi connectivity index (χ1n) is 6.95. The van der Waals surface area contributed by atoms with Gasteiger partial charge in [-0.2, -0.15) is 4.98 Å². The number of rotatable bonds is 3. The number of hydrogen-bond acceptors (Lipinski definition) is 9. The molecule has 0 unspecified atom stereocenters. The summed E-state index contributed by atoms with van der Waals surface area (Å²) in [6.07, 6.45) is 2.76. The molecule has 4 heterocycles. The van der Waals surface area contributed by atoms with Gasteiger partial charge in [0.1, 0.15) is 22.7 Å². The number of aromatic nitrogens is 4. The van der Waals surface area contributed by atoms with Crippen molar-refractivity contribution in [3.05, 3.63) is 36.2 Å². The van der Waals surface area contributed by atoms with Crippen molar-refractivity contribution in [1.29, 1.82) is 0 Å². The molecule has 9 heteroatoms. The second kappa shape index (κ2) is 5.17. The van der Waals surface area contributed by atoms with Crippen LogP contribution in [-0.4, -0.2) is 26.9 Å². The van der Waals surface area contributed by atoms with Gasteiger partial charge in [-0.15, -0.1) is 11.3 Å². The fraction of sp³-hybridized carbons (Fsp3) is 0.0667. The van der Waals surface area contributed by atoms with Crippen LogP contribution in [0.2, 0.25) is 0 Å². The fourth-order valence-electron chi connectivity index (χ4n) is 2.29. The molecular formula is C15H8N4O4S. The molecule has 0 saturated carbocycles. The third kappa shape index (κ3) is 2.14. The number of oxazole rings is 1. The highest BCUT2D eigenvalue weighted by Gasteiger charge is 2.18. The maximum Gasteiger partial charge on any atom is 0.277 e. The van der Waals surface area contributed by atoms with Crippen molar-refractivity contribution in [2.45, 2.75) is 0 Å². The third-order valence-electron chi connectivity index (χ3n) is 3.43. The summed E-state index contributed by atoms with van der Waals surface area (Å²) in [6, 6.07) is 5.71. The van der Waals surface area contributed by atoms with Crippen LogP contribution in [0, 0.1) is 0 Å². The van der Waals surface area contributed by atoms with Crippen LogP contribution in [0.15, 0.2) is 45.2 Å². The van der Waals surface area contributed by atoms with Crippen molar-refractivity contribution < 1.29 is 18.4 Å². The van der Waals surface area contributed by atoms with Crippen LogP contribution in [-0.2, 0) is 0 Å². The zero-order valence-electron chi connectivity index (χ0n) is 12.0. The average Bonchev–Trinajstić information content (AvgIpc) is 3.41. The van der Waals surface area contributed by atoms with Crippen LogP contribution in [0.5, 0.6) is 11.5 Å². The minimum atomic E-state index is 0.245. The number of thiazole rings is 1. The van der Waals surface area contributed by atoms with E-state index in [1.165, 1.54) is 24.0 Å². The highest BCUT2D eigenvalue weighted by Crippen LogP contribution is 2.37. The Hall–Kier alpha value is -3.20. The van der Waals surface area contributed by atoms with E-state index in [1.807, 2.05) is 23.6 Å². The molecule has 0 spiro atoms. The summed E-state index contributed by atoms with van der Waals surface area (Å²) < 4.78 is 20.9. The summed E-state index contributed by atoms with van der Waals surface area (Å²) >= 11 is 1.48. The van der Waals surface area contributed by atoms with Crippen molar-refractivity contribution in [3.63, 3.8) is 0 Å². The molecule has 24 heavy (non-hydrogen) atoms. The van der Waals surface area contributed by atoms with Gasteiger partial charge in [0.25, 0.3) is 5.89 Å². The van der Waals surface area contributed by atoms with Crippen LogP contribution in [0.4, 0.5) is 0 Å². The number of benzene rings is 1. The molecular weight excluding hydrogens is 332 g/mol. The van der Waals surface area contributed by atoms with Gasteiger partial charge in [0.15, 0.2) is 17.9 Å². The smallest absolute Gasteiger partial charge is 0.277 e.